The maximum absolute atomic E-state index is 14.2. The number of aromatic amines is 1. The van der Waals surface area contributed by atoms with Crippen LogP contribution in [-0.2, 0) is 65.5 Å². The number of amides is 5. The quantitative estimate of drug-likeness (QED) is 0.0388. The maximum Gasteiger partial charge on any atom is 0.307 e. The van der Waals surface area contributed by atoms with Gasteiger partial charge in [-0.15, -0.1) is 0 Å². The van der Waals surface area contributed by atoms with Crippen molar-refractivity contribution in [3.05, 3.63) is 65.9 Å². The van der Waals surface area contributed by atoms with Crippen LogP contribution in [0.3, 0.4) is 0 Å². The molecule has 21 nitrogen and oxygen atoms in total. The molecule has 0 aliphatic carbocycles. The normalized spacial score (nSPS) is 16.3. The molecular formula is C55H78N6O15. The minimum absolute atomic E-state index is 0.00651. The van der Waals surface area contributed by atoms with E-state index in [1.54, 1.807) is 39.1 Å². The molecule has 0 spiro atoms. The number of rotatable bonds is 34. The summed E-state index contributed by atoms with van der Waals surface area (Å²) in [6, 6.07) is 7.89. The third kappa shape index (κ3) is 19.2. The number of phenolic OH excluding ortho intramolecular Hbond substituents is 1. The van der Waals surface area contributed by atoms with Crippen LogP contribution in [0, 0.1) is 29.6 Å². The van der Waals surface area contributed by atoms with Crippen molar-refractivity contribution < 1.29 is 73.1 Å². The number of benzene rings is 2. The molecule has 1 aromatic heterocycles. The van der Waals surface area contributed by atoms with Gasteiger partial charge in [-0.2, -0.15) is 0 Å². The molecule has 1 saturated heterocycles. The predicted molar refractivity (Wildman–Crippen MR) is 279 cm³/mol. The highest BCUT2D eigenvalue weighted by Crippen LogP contribution is 2.25. The monoisotopic (exact) mass is 1060 g/mol. The fourth-order valence-electron chi connectivity index (χ4n) is 9.25. The third-order valence-electron chi connectivity index (χ3n) is 13.5. The lowest BCUT2D eigenvalue weighted by Gasteiger charge is -2.31. The molecule has 418 valence electrons. The third-order valence-corrected chi connectivity index (χ3v) is 13.5. The Labute approximate surface area is 443 Å². The molecule has 2 heterocycles. The van der Waals surface area contributed by atoms with Crippen molar-refractivity contribution in [2.24, 2.45) is 29.6 Å². The summed E-state index contributed by atoms with van der Waals surface area (Å²) >= 11 is 0. The Morgan fingerprint density at radius 3 is 2.13 bits per heavy atom. The van der Waals surface area contributed by atoms with Gasteiger partial charge in [-0.3, -0.25) is 43.2 Å². The number of phenols is 1. The predicted octanol–water partition coefficient (Wildman–Crippen LogP) is 2.55. The van der Waals surface area contributed by atoms with E-state index in [1.165, 1.54) is 24.0 Å². The minimum Gasteiger partial charge on any atom is -0.508 e. The molecule has 9 N–H and O–H groups in total. The smallest absolute Gasteiger partial charge is 0.307 e. The molecule has 0 bridgehead atoms. The van der Waals surface area contributed by atoms with E-state index >= 15 is 0 Å². The van der Waals surface area contributed by atoms with Crippen LogP contribution in [0.1, 0.15) is 97.6 Å². The van der Waals surface area contributed by atoms with E-state index in [2.05, 4.69) is 26.3 Å². The van der Waals surface area contributed by atoms with Crippen molar-refractivity contribution in [3.8, 4) is 5.75 Å². The second-order valence-corrected chi connectivity index (χ2v) is 20.3. The lowest BCUT2D eigenvalue weighted by molar-refractivity contribution is -0.145. The molecule has 0 unspecified atom stereocenters. The fraction of sp³-hybridized carbons (Fsp3) is 0.582. The van der Waals surface area contributed by atoms with Gasteiger partial charge in [0.05, 0.1) is 44.5 Å². The first-order valence-corrected chi connectivity index (χ1v) is 26.2. The summed E-state index contributed by atoms with van der Waals surface area (Å²) in [5, 5.41) is 52.6. The summed E-state index contributed by atoms with van der Waals surface area (Å²) in [4.78, 5) is 125. The van der Waals surface area contributed by atoms with Gasteiger partial charge in [0.15, 0.2) is 17.3 Å². The van der Waals surface area contributed by atoms with Crippen molar-refractivity contribution in [1.29, 1.82) is 0 Å². The number of nitrogens with one attached hydrogen (secondary N) is 5. The van der Waals surface area contributed by atoms with E-state index < -0.39 is 115 Å². The summed E-state index contributed by atoms with van der Waals surface area (Å²) in [5.41, 5.74) is 2.03. The minimum atomic E-state index is -1.56. The van der Waals surface area contributed by atoms with E-state index in [0.29, 0.717) is 30.5 Å². The number of aliphatic hydroxyl groups excluding tert-OH is 2. The first-order chi connectivity index (χ1) is 36.1. The molecule has 1 fully saturated rings. The highest BCUT2D eigenvalue weighted by Gasteiger charge is 2.41. The molecule has 0 radical (unpaired) electrons. The first-order valence-electron chi connectivity index (χ1n) is 26.2. The van der Waals surface area contributed by atoms with Gasteiger partial charge in [-0.1, -0.05) is 65.0 Å². The van der Waals surface area contributed by atoms with Gasteiger partial charge in [0, 0.05) is 74.1 Å². The van der Waals surface area contributed by atoms with Crippen LogP contribution in [0.4, 0.5) is 0 Å². The largest absolute Gasteiger partial charge is 0.508 e. The van der Waals surface area contributed by atoms with Gasteiger partial charge >= 0.3 is 5.97 Å². The number of hydrogen-bond acceptors (Lipinski definition) is 14. The Hall–Kier alpha value is -6.55. The zero-order valence-corrected chi connectivity index (χ0v) is 44.5. The summed E-state index contributed by atoms with van der Waals surface area (Å²) < 4.78 is 10.8. The molecule has 76 heavy (non-hydrogen) atoms. The maximum atomic E-state index is 14.2. The Kier molecular flexibility index (Phi) is 25.2. The number of para-hydroxylation sites is 1. The van der Waals surface area contributed by atoms with Crippen molar-refractivity contribution >= 4 is 63.8 Å². The van der Waals surface area contributed by atoms with Crippen molar-refractivity contribution in [2.45, 2.75) is 130 Å². The standard InChI is InChI=1S/C55H78N6O15/c1-7-49(68)56-18-20-75-21-22-76-31-40(65)25-36(23-32(2)3)51(69)60-50(34(6)63)48(67)28-42(33(4)5)52(70)59-45(30-62)54(72)61-19-10-13-46(61)53(71)58-44(26-38-29-57-43-12-9-8-11-41(38)43)47(66)27-37(55(73)74)24-35-14-16-39(64)17-15-35/h8-9,11-12,14-17,29,32-34,36-37,42,44-46,50,57,62-64H,7,10,13,18-28,30-31H2,1-6H3,(H,56,68)(H,58,71)(H,59,70)(H,60,69)(H,73,74)/t34-,36-,37-,42+,44+,45+,46+,50+/m1/s1. The van der Waals surface area contributed by atoms with E-state index in [4.69, 9.17) is 9.47 Å². The number of Topliss-reactive ketones (excluding diaryl/α,β-unsaturated/α-hetero) is 3. The number of aromatic hydroxyl groups is 1. The van der Waals surface area contributed by atoms with Crippen molar-refractivity contribution in [3.63, 3.8) is 0 Å². The molecule has 4 rings (SSSR count). The summed E-state index contributed by atoms with van der Waals surface area (Å²) in [6.45, 7) is 9.87. The second kappa shape index (κ2) is 30.9. The van der Waals surface area contributed by atoms with E-state index in [0.717, 1.165) is 10.9 Å². The lowest BCUT2D eigenvalue weighted by Crippen LogP contribution is -2.57. The number of carbonyl (C=O) groups is 9. The zero-order chi connectivity index (χ0) is 56.1. The number of ketones is 3. The van der Waals surface area contributed by atoms with Gasteiger partial charge in [0.2, 0.25) is 29.5 Å². The number of ether oxygens (including phenoxy) is 2. The van der Waals surface area contributed by atoms with Gasteiger partial charge < -0.3 is 61.1 Å². The molecule has 8 atom stereocenters. The number of carboxylic acid groups (broad SMARTS) is 1. The van der Waals surface area contributed by atoms with Crippen LogP contribution in [0.2, 0.25) is 0 Å². The molecule has 2 aromatic carbocycles. The van der Waals surface area contributed by atoms with Crippen LogP contribution in [0.5, 0.6) is 5.75 Å². The highest BCUT2D eigenvalue weighted by molar-refractivity contribution is 5.98. The van der Waals surface area contributed by atoms with Crippen LogP contribution in [-0.4, -0.2) is 160 Å². The van der Waals surface area contributed by atoms with Crippen LogP contribution < -0.4 is 21.3 Å². The number of carbonyl (C=O) groups excluding carboxylic acids is 8. The van der Waals surface area contributed by atoms with Crippen LogP contribution in [0.25, 0.3) is 10.9 Å². The Balaban J connectivity index is 1.41. The van der Waals surface area contributed by atoms with Crippen LogP contribution in [0.15, 0.2) is 54.7 Å². The molecule has 1 aliphatic rings. The number of likely N-dealkylation sites (tertiary alicyclic amines) is 1. The van der Waals surface area contributed by atoms with Gasteiger partial charge in [0.25, 0.3) is 0 Å². The lowest BCUT2D eigenvalue weighted by atomic mass is 9.86. The number of nitrogens with zero attached hydrogens (tertiary/aromatic N) is 1. The zero-order valence-electron chi connectivity index (χ0n) is 44.5. The van der Waals surface area contributed by atoms with E-state index in [9.17, 15) is 63.6 Å². The molecule has 3 aromatic rings. The number of hydrogen-bond donors (Lipinski definition) is 9. The summed E-state index contributed by atoms with van der Waals surface area (Å²) in [7, 11) is 0. The van der Waals surface area contributed by atoms with Gasteiger partial charge in [-0.25, -0.2) is 0 Å². The molecular weight excluding hydrogens is 985 g/mol. The van der Waals surface area contributed by atoms with Crippen LogP contribution >= 0.6 is 0 Å². The number of carboxylic acids is 1. The van der Waals surface area contributed by atoms with Crippen molar-refractivity contribution in [2.75, 3.05) is 46.1 Å². The number of fused-ring (bicyclic) bond motifs is 1. The van der Waals surface area contributed by atoms with E-state index in [-0.39, 0.29) is 88.4 Å². The molecule has 5 amide bonds. The molecule has 21 heteroatoms. The Morgan fingerprint density at radius 2 is 1.49 bits per heavy atom. The number of H-pyrrole nitrogens is 1. The molecule has 1 aliphatic heterocycles. The first kappa shape index (κ1) is 62.0. The van der Waals surface area contributed by atoms with E-state index in [1.807, 2.05) is 38.1 Å². The second-order valence-electron chi connectivity index (χ2n) is 20.3. The average Bonchev–Trinajstić information content (AvgIpc) is 4.04. The van der Waals surface area contributed by atoms with Crippen molar-refractivity contribution in [1.82, 2.24) is 31.2 Å². The summed E-state index contributed by atoms with van der Waals surface area (Å²) in [5.74, 6) is -9.61. The molecule has 0 saturated carbocycles. The fourth-order valence-corrected chi connectivity index (χ4v) is 9.25. The topological polar surface area (TPSA) is 320 Å². The van der Waals surface area contributed by atoms with Gasteiger partial charge in [-0.05, 0) is 73.8 Å². The average molecular weight is 1060 g/mol. The summed E-state index contributed by atoms with van der Waals surface area (Å²) in [6.07, 6.45) is 0.278. The number of aliphatic carboxylic acids is 1. The SMILES string of the molecule is CCC(=O)NCCOCCOCC(=O)C[C@@H](CC(C)C)C(=O)N[C@H](C(=O)C[C@H](C(=O)N[C@@H](CO)C(=O)N1CCC[C@H]1C(=O)N[C@@H](Cc1c[nH]c2ccccc12)C(=O)C[C@@H](Cc1ccc(O)cc1)C(=O)O)C(C)C)[C@@H](C)O. The highest BCUT2D eigenvalue weighted by atomic mass is 16.5. The van der Waals surface area contributed by atoms with Gasteiger partial charge in [0.1, 0.15) is 30.5 Å². The Morgan fingerprint density at radius 1 is 0.789 bits per heavy atom. The number of aliphatic hydroxyl groups is 2. The Bertz CT molecular complexity index is 2440. The number of aromatic nitrogens is 1.